The molecule has 7 heteroatoms. The van der Waals surface area contributed by atoms with E-state index in [0.717, 1.165) is 17.7 Å². The third kappa shape index (κ3) is 2.26. The molecule has 3 heterocycles. The van der Waals surface area contributed by atoms with E-state index in [-0.39, 0.29) is 23.7 Å². The molecule has 114 valence electrons. The highest BCUT2D eigenvalue weighted by Gasteiger charge is 2.34. The van der Waals surface area contributed by atoms with Crippen molar-refractivity contribution in [1.29, 1.82) is 0 Å². The minimum Gasteiger partial charge on any atom is -0.328 e. The number of fused-ring (bicyclic) bond motifs is 1. The van der Waals surface area contributed by atoms with Crippen molar-refractivity contribution >= 4 is 11.6 Å². The number of aromatic nitrogens is 4. The van der Waals surface area contributed by atoms with Gasteiger partial charge in [0.25, 0.3) is 0 Å². The number of carbonyl (C=O) groups excluding carboxylic acids is 1. The molecule has 1 aliphatic rings. The molecule has 7 nitrogen and oxygen atoms in total. The number of hydrogen-bond donors (Lipinski definition) is 0. The van der Waals surface area contributed by atoms with Gasteiger partial charge in [-0.25, -0.2) is 4.98 Å². The highest BCUT2D eigenvalue weighted by atomic mass is 16.5. The van der Waals surface area contributed by atoms with Crippen LogP contribution < -0.4 is 4.90 Å². The molecule has 0 fully saturated rings. The van der Waals surface area contributed by atoms with Gasteiger partial charge in [-0.3, -0.25) is 9.78 Å². The van der Waals surface area contributed by atoms with Gasteiger partial charge in [0.2, 0.25) is 5.82 Å². The Kier molecular flexibility index (Phi) is 3.11. The maximum atomic E-state index is 12.8. The van der Waals surface area contributed by atoms with Crippen LogP contribution in [0.15, 0.2) is 47.4 Å². The number of hydrogen-bond acceptors (Lipinski definition) is 6. The summed E-state index contributed by atoms with van der Waals surface area (Å²) in [5.74, 6) is -0.0964. The van der Waals surface area contributed by atoms with Gasteiger partial charge < -0.3 is 9.42 Å². The van der Waals surface area contributed by atoms with Crippen molar-refractivity contribution in [2.24, 2.45) is 0 Å². The van der Waals surface area contributed by atoms with Gasteiger partial charge >= 0.3 is 11.8 Å². The molecule has 1 aliphatic heterocycles. The molecular formula is C16H13N5O2. The topological polar surface area (TPSA) is 85.0 Å². The highest BCUT2D eigenvalue weighted by Crippen LogP contribution is 2.32. The molecular weight excluding hydrogens is 294 g/mol. The summed E-state index contributed by atoms with van der Waals surface area (Å²) in [4.78, 5) is 26.7. The van der Waals surface area contributed by atoms with Gasteiger partial charge in [-0.2, -0.15) is 4.98 Å². The smallest absolute Gasteiger partial charge is 0.317 e. The number of carbonyl (C=O) groups is 1. The molecule has 23 heavy (non-hydrogen) atoms. The van der Waals surface area contributed by atoms with Crippen LogP contribution in [0.5, 0.6) is 0 Å². The third-order valence-corrected chi connectivity index (χ3v) is 3.83. The Bertz CT molecular complexity index is 862. The number of rotatable bonds is 2. The second kappa shape index (κ2) is 5.28. The summed E-state index contributed by atoms with van der Waals surface area (Å²) < 4.78 is 5.14. The van der Waals surface area contributed by atoms with Gasteiger partial charge in [-0.1, -0.05) is 23.4 Å². The maximum Gasteiger partial charge on any atom is 0.317 e. The molecule has 4 rings (SSSR count). The van der Waals surface area contributed by atoms with E-state index in [1.54, 1.807) is 11.1 Å². The normalized spacial score (nSPS) is 16.4. The van der Waals surface area contributed by atoms with Crippen LogP contribution in [-0.2, 0) is 6.42 Å². The Morgan fingerprint density at radius 2 is 2.17 bits per heavy atom. The first-order chi connectivity index (χ1) is 11.2. The quantitative estimate of drug-likeness (QED) is 0.721. The van der Waals surface area contributed by atoms with Crippen molar-refractivity contribution in [2.75, 3.05) is 4.90 Å². The van der Waals surface area contributed by atoms with Crippen LogP contribution in [0.2, 0.25) is 0 Å². The Morgan fingerprint density at radius 3 is 3.00 bits per heavy atom. The molecule has 2 aromatic heterocycles. The summed E-state index contributed by atoms with van der Waals surface area (Å²) in [5.41, 5.74) is 2.50. The average Bonchev–Trinajstić information content (AvgIpc) is 3.19. The van der Waals surface area contributed by atoms with E-state index in [0.29, 0.717) is 5.69 Å². The molecule has 0 bridgehead atoms. The molecule has 3 aromatic rings. The molecule has 0 saturated heterocycles. The lowest BCUT2D eigenvalue weighted by molar-refractivity contribution is 0.0939. The van der Waals surface area contributed by atoms with Gasteiger partial charge in [0, 0.05) is 24.1 Å². The standard InChI is InChI=1S/C16H13N5O2/c1-10-8-11-4-2-3-5-13(11)21(10)16(22)15-19-14(20-23-15)12-9-17-6-7-18-12/h2-7,9-10H,8H2,1H3/t10-/m1/s1. The van der Waals surface area contributed by atoms with E-state index in [9.17, 15) is 4.79 Å². The van der Waals surface area contributed by atoms with E-state index >= 15 is 0 Å². The molecule has 1 atom stereocenters. The molecule has 0 aliphatic carbocycles. The number of benzene rings is 1. The molecule has 0 N–H and O–H groups in total. The van der Waals surface area contributed by atoms with Gasteiger partial charge in [-0.05, 0) is 25.0 Å². The second-order valence-electron chi connectivity index (χ2n) is 5.37. The van der Waals surface area contributed by atoms with E-state index in [2.05, 4.69) is 20.1 Å². The predicted molar refractivity (Wildman–Crippen MR) is 81.7 cm³/mol. The van der Waals surface area contributed by atoms with Crippen molar-refractivity contribution in [3.05, 3.63) is 54.3 Å². The monoisotopic (exact) mass is 307 g/mol. The van der Waals surface area contributed by atoms with Gasteiger partial charge in [0.15, 0.2) is 0 Å². The first-order valence-electron chi connectivity index (χ1n) is 7.25. The Morgan fingerprint density at radius 1 is 1.30 bits per heavy atom. The lowest BCUT2D eigenvalue weighted by atomic mass is 10.1. The number of anilines is 1. The average molecular weight is 307 g/mol. The van der Waals surface area contributed by atoms with Crippen LogP contribution in [0.3, 0.4) is 0 Å². The summed E-state index contributed by atoms with van der Waals surface area (Å²) in [7, 11) is 0. The van der Waals surface area contributed by atoms with Crippen LogP contribution in [0, 0.1) is 0 Å². The molecule has 0 spiro atoms. The van der Waals surface area contributed by atoms with E-state index < -0.39 is 0 Å². The summed E-state index contributed by atoms with van der Waals surface area (Å²) in [6, 6.07) is 7.88. The van der Waals surface area contributed by atoms with Crippen LogP contribution in [0.25, 0.3) is 11.5 Å². The molecule has 0 unspecified atom stereocenters. The molecule has 1 amide bonds. The number of amides is 1. The molecule has 0 saturated carbocycles. The summed E-state index contributed by atoms with van der Waals surface area (Å²) >= 11 is 0. The van der Waals surface area contributed by atoms with Crippen molar-refractivity contribution < 1.29 is 9.32 Å². The minimum atomic E-state index is -0.301. The van der Waals surface area contributed by atoms with E-state index in [1.165, 1.54) is 12.4 Å². The summed E-state index contributed by atoms with van der Waals surface area (Å²) in [6.07, 6.45) is 5.42. The van der Waals surface area contributed by atoms with Crippen molar-refractivity contribution in [1.82, 2.24) is 20.1 Å². The van der Waals surface area contributed by atoms with Crippen molar-refractivity contribution in [3.8, 4) is 11.5 Å². The lowest BCUT2D eigenvalue weighted by Crippen LogP contribution is -2.35. The Balaban J connectivity index is 1.67. The van der Waals surface area contributed by atoms with Crippen LogP contribution in [-0.4, -0.2) is 32.1 Å². The largest absolute Gasteiger partial charge is 0.328 e. The first-order valence-corrected chi connectivity index (χ1v) is 7.25. The minimum absolute atomic E-state index is 0.0470. The van der Waals surface area contributed by atoms with Crippen molar-refractivity contribution in [3.63, 3.8) is 0 Å². The van der Waals surface area contributed by atoms with Crippen molar-refractivity contribution in [2.45, 2.75) is 19.4 Å². The fourth-order valence-corrected chi connectivity index (χ4v) is 2.81. The number of para-hydroxylation sites is 1. The zero-order chi connectivity index (χ0) is 15.8. The predicted octanol–water partition coefficient (Wildman–Crippen LogP) is 2.12. The van der Waals surface area contributed by atoms with Crippen LogP contribution in [0.4, 0.5) is 5.69 Å². The SMILES string of the molecule is C[C@@H]1Cc2ccccc2N1C(=O)c1nc(-c2cnccn2)no1. The zero-order valence-electron chi connectivity index (χ0n) is 12.4. The highest BCUT2D eigenvalue weighted by molar-refractivity contribution is 6.05. The van der Waals surface area contributed by atoms with E-state index in [1.807, 2.05) is 31.2 Å². The first kappa shape index (κ1) is 13.6. The second-order valence-corrected chi connectivity index (χ2v) is 5.37. The summed E-state index contributed by atoms with van der Waals surface area (Å²) in [6.45, 7) is 2.00. The fourth-order valence-electron chi connectivity index (χ4n) is 2.81. The third-order valence-electron chi connectivity index (χ3n) is 3.83. The number of nitrogens with zero attached hydrogens (tertiary/aromatic N) is 5. The fraction of sp³-hybridized carbons (Fsp3) is 0.188. The van der Waals surface area contributed by atoms with Gasteiger partial charge in [-0.15, -0.1) is 0 Å². The van der Waals surface area contributed by atoms with Gasteiger partial charge in [0.05, 0.1) is 6.20 Å². The van der Waals surface area contributed by atoms with Gasteiger partial charge in [0.1, 0.15) is 5.69 Å². The Hall–Kier alpha value is -3.09. The van der Waals surface area contributed by atoms with Crippen LogP contribution in [0.1, 0.15) is 23.2 Å². The molecule has 1 aromatic carbocycles. The van der Waals surface area contributed by atoms with Crippen LogP contribution >= 0.6 is 0 Å². The Labute approximate surface area is 132 Å². The zero-order valence-corrected chi connectivity index (χ0v) is 12.4. The lowest BCUT2D eigenvalue weighted by Gasteiger charge is -2.20. The van der Waals surface area contributed by atoms with E-state index in [4.69, 9.17) is 4.52 Å². The maximum absolute atomic E-state index is 12.8. The summed E-state index contributed by atoms with van der Waals surface area (Å²) in [5, 5.41) is 3.82. The molecule has 0 radical (unpaired) electrons.